The second-order valence-corrected chi connectivity index (χ2v) is 9.57. The van der Waals surface area contributed by atoms with E-state index in [1.807, 2.05) is 0 Å². The fraction of sp³-hybridized carbons (Fsp3) is 0.571. The first-order chi connectivity index (χ1) is 16.8. The first kappa shape index (κ1) is 27.3. The lowest BCUT2D eigenvalue weighted by Crippen LogP contribution is -2.20. The maximum atomic E-state index is 14.7. The summed E-state index contributed by atoms with van der Waals surface area (Å²) in [5.41, 5.74) is 0.190. The van der Waals surface area contributed by atoms with Crippen LogP contribution in [0.4, 0.5) is 22.0 Å². The van der Waals surface area contributed by atoms with Crippen molar-refractivity contribution in [1.82, 2.24) is 0 Å². The van der Waals surface area contributed by atoms with Gasteiger partial charge in [-0.1, -0.05) is 76.8 Å². The molecule has 1 aliphatic carbocycles. The number of alkyl halides is 3. The van der Waals surface area contributed by atoms with Crippen LogP contribution < -0.4 is 9.47 Å². The molecule has 0 bridgehead atoms. The van der Waals surface area contributed by atoms with E-state index in [4.69, 9.17) is 4.74 Å². The third-order valence-electron chi connectivity index (χ3n) is 6.85. The minimum Gasteiger partial charge on any atom is -0.490 e. The molecule has 194 valence electrons. The summed E-state index contributed by atoms with van der Waals surface area (Å²) < 4.78 is 75.7. The molecule has 35 heavy (non-hydrogen) atoms. The van der Waals surface area contributed by atoms with Gasteiger partial charge >= 0.3 is 6.36 Å². The summed E-state index contributed by atoms with van der Waals surface area (Å²) in [6.45, 7) is 2.58. The Morgan fingerprint density at radius 2 is 1.40 bits per heavy atom. The fourth-order valence-corrected chi connectivity index (χ4v) is 4.81. The van der Waals surface area contributed by atoms with Gasteiger partial charge in [-0.25, -0.2) is 4.39 Å². The van der Waals surface area contributed by atoms with Gasteiger partial charge in [-0.3, -0.25) is 0 Å². The third-order valence-corrected chi connectivity index (χ3v) is 6.85. The molecule has 0 atom stereocenters. The third kappa shape index (κ3) is 8.69. The van der Waals surface area contributed by atoms with E-state index in [-0.39, 0.29) is 16.9 Å². The SMILES string of the molecule is CCCCCCCCC1CCC(COc2ccc(-c3ccc(OC(F)(F)F)cc3)c(F)c2F)CC1. The van der Waals surface area contributed by atoms with Crippen LogP contribution in [0.5, 0.6) is 11.5 Å². The van der Waals surface area contributed by atoms with E-state index in [1.54, 1.807) is 0 Å². The molecule has 3 rings (SSSR count). The fourth-order valence-electron chi connectivity index (χ4n) is 4.81. The van der Waals surface area contributed by atoms with Gasteiger partial charge in [0.15, 0.2) is 11.6 Å². The van der Waals surface area contributed by atoms with Gasteiger partial charge in [-0.05, 0) is 54.5 Å². The Morgan fingerprint density at radius 3 is 2.06 bits per heavy atom. The van der Waals surface area contributed by atoms with E-state index in [9.17, 15) is 22.0 Å². The highest BCUT2D eigenvalue weighted by atomic mass is 19.4. The highest BCUT2D eigenvalue weighted by Gasteiger charge is 2.31. The summed E-state index contributed by atoms with van der Waals surface area (Å²) >= 11 is 0. The zero-order chi connectivity index (χ0) is 25.3. The molecule has 0 aromatic heterocycles. The maximum Gasteiger partial charge on any atom is 0.573 e. The molecule has 0 aliphatic heterocycles. The van der Waals surface area contributed by atoms with Gasteiger partial charge in [0.05, 0.1) is 6.61 Å². The molecule has 1 aliphatic rings. The second kappa shape index (κ2) is 13.1. The number of ether oxygens (including phenoxy) is 2. The van der Waals surface area contributed by atoms with Crippen LogP contribution in [0.3, 0.4) is 0 Å². The number of rotatable bonds is 12. The molecule has 2 nitrogen and oxygen atoms in total. The summed E-state index contributed by atoms with van der Waals surface area (Å²) in [6, 6.07) is 7.38. The quantitative estimate of drug-likeness (QED) is 0.214. The maximum absolute atomic E-state index is 14.7. The van der Waals surface area contributed by atoms with Crippen LogP contribution in [0.25, 0.3) is 11.1 Å². The van der Waals surface area contributed by atoms with Gasteiger partial charge in [0.25, 0.3) is 0 Å². The first-order valence-electron chi connectivity index (χ1n) is 12.7. The van der Waals surface area contributed by atoms with Crippen molar-refractivity contribution in [2.75, 3.05) is 6.61 Å². The van der Waals surface area contributed by atoms with Gasteiger partial charge < -0.3 is 9.47 Å². The van der Waals surface area contributed by atoms with E-state index >= 15 is 0 Å². The summed E-state index contributed by atoms with van der Waals surface area (Å²) in [7, 11) is 0. The average Bonchev–Trinajstić information content (AvgIpc) is 2.83. The number of halogens is 5. The van der Waals surface area contributed by atoms with Crippen molar-refractivity contribution in [3.8, 4) is 22.6 Å². The molecule has 0 amide bonds. The highest BCUT2D eigenvalue weighted by molar-refractivity contribution is 5.66. The van der Waals surface area contributed by atoms with E-state index in [0.717, 1.165) is 43.7 Å². The summed E-state index contributed by atoms with van der Waals surface area (Å²) in [5, 5.41) is 0. The van der Waals surface area contributed by atoms with Crippen molar-refractivity contribution in [3.05, 3.63) is 48.0 Å². The summed E-state index contributed by atoms with van der Waals surface area (Å²) in [5.74, 6) is -1.65. The average molecular weight is 499 g/mol. The standard InChI is InChI=1S/C28H35F5O2/c1-2-3-4-5-6-7-8-20-9-11-21(12-10-20)19-34-25-18-17-24(26(29)27(25)30)22-13-15-23(16-14-22)35-28(31,32)33/h13-18,20-21H,2-12,19H2,1H3. The second-order valence-electron chi connectivity index (χ2n) is 9.57. The molecule has 1 fully saturated rings. The van der Waals surface area contributed by atoms with Crippen LogP contribution >= 0.6 is 0 Å². The molecule has 0 unspecified atom stereocenters. The van der Waals surface area contributed by atoms with Crippen LogP contribution in [-0.4, -0.2) is 13.0 Å². The minimum absolute atomic E-state index is 0.0522. The molecule has 0 spiro atoms. The lowest BCUT2D eigenvalue weighted by atomic mass is 9.80. The summed E-state index contributed by atoms with van der Waals surface area (Å²) in [6.07, 6.45) is 8.73. The largest absolute Gasteiger partial charge is 0.573 e. The van der Waals surface area contributed by atoms with Crippen molar-refractivity contribution in [3.63, 3.8) is 0 Å². The van der Waals surface area contributed by atoms with Crippen molar-refractivity contribution in [2.45, 2.75) is 83.9 Å². The molecule has 0 N–H and O–H groups in total. The normalized spacial score (nSPS) is 18.5. The van der Waals surface area contributed by atoms with Crippen LogP contribution in [0.15, 0.2) is 36.4 Å². The van der Waals surface area contributed by atoms with Crippen LogP contribution in [0.2, 0.25) is 0 Å². The Morgan fingerprint density at radius 1 is 0.771 bits per heavy atom. The number of hydrogen-bond donors (Lipinski definition) is 0. The minimum atomic E-state index is -4.81. The van der Waals surface area contributed by atoms with Gasteiger partial charge in [0.1, 0.15) is 5.75 Å². The Balaban J connectivity index is 1.46. The van der Waals surface area contributed by atoms with E-state index in [2.05, 4.69) is 11.7 Å². The Labute approximate surface area is 204 Å². The Bertz CT molecular complexity index is 903. The van der Waals surface area contributed by atoms with E-state index in [0.29, 0.717) is 12.5 Å². The van der Waals surface area contributed by atoms with Crippen molar-refractivity contribution >= 4 is 0 Å². The molecular formula is C28H35F5O2. The lowest BCUT2D eigenvalue weighted by Gasteiger charge is -2.28. The molecule has 2 aromatic rings. The van der Waals surface area contributed by atoms with E-state index < -0.39 is 23.7 Å². The topological polar surface area (TPSA) is 18.5 Å². The monoisotopic (exact) mass is 498 g/mol. The van der Waals surface area contributed by atoms with Gasteiger partial charge in [0.2, 0.25) is 5.82 Å². The molecule has 0 heterocycles. The number of hydrogen-bond acceptors (Lipinski definition) is 2. The van der Waals surface area contributed by atoms with Crippen LogP contribution in [0.1, 0.15) is 77.6 Å². The highest BCUT2D eigenvalue weighted by Crippen LogP contribution is 2.35. The number of unbranched alkanes of at least 4 members (excludes halogenated alkanes) is 5. The van der Waals surface area contributed by atoms with Gasteiger partial charge in [0, 0.05) is 5.56 Å². The first-order valence-corrected chi connectivity index (χ1v) is 12.7. The van der Waals surface area contributed by atoms with Gasteiger partial charge in [-0.2, -0.15) is 4.39 Å². The molecule has 0 saturated heterocycles. The van der Waals surface area contributed by atoms with Gasteiger partial charge in [-0.15, -0.1) is 13.2 Å². The predicted octanol–water partition coefficient (Wildman–Crippen LogP) is 9.47. The van der Waals surface area contributed by atoms with Crippen molar-refractivity contribution < 1.29 is 31.4 Å². The van der Waals surface area contributed by atoms with Crippen LogP contribution in [0, 0.1) is 23.5 Å². The smallest absolute Gasteiger partial charge is 0.490 e. The molecule has 1 saturated carbocycles. The molecule has 7 heteroatoms. The van der Waals surface area contributed by atoms with Crippen molar-refractivity contribution in [1.29, 1.82) is 0 Å². The molecule has 2 aromatic carbocycles. The predicted molar refractivity (Wildman–Crippen MR) is 127 cm³/mol. The van der Waals surface area contributed by atoms with Crippen molar-refractivity contribution in [2.24, 2.45) is 11.8 Å². The Hall–Kier alpha value is -2.31. The molecular weight excluding hydrogens is 463 g/mol. The summed E-state index contributed by atoms with van der Waals surface area (Å²) in [4.78, 5) is 0. The van der Waals surface area contributed by atoms with E-state index in [1.165, 1.54) is 69.2 Å². The van der Waals surface area contributed by atoms with Crippen LogP contribution in [-0.2, 0) is 0 Å². The molecule has 0 radical (unpaired) electrons. The lowest BCUT2D eigenvalue weighted by molar-refractivity contribution is -0.274. The number of benzene rings is 2. The Kier molecular flexibility index (Phi) is 10.2. The zero-order valence-electron chi connectivity index (χ0n) is 20.3. The zero-order valence-corrected chi connectivity index (χ0v) is 20.3.